The van der Waals surface area contributed by atoms with Crippen LogP contribution in [-0.4, -0.2) is 47.4 Å². The molecule has 1 aliphatic rings. The Balaban J connectivity index is 1.95. The first-order valence-corrected chi connectivity index (χ1v) is 6.79. The topological polar surface area (TPSA) is 49.8 Å². The summed E-state index contributed by atoms with van der Waals surface area (Å²) in [6, 6.07) is 2.51. The monoisotopic (exact) mass is 339 g/mol. The minimum absolute atomic E-state index is 0.0445. The number of aliphatic hydroxyl groups is 1. The molecule has 0 saturated carbocycles. The Bertz CT molecular complexity index is 558. The molecule has 1 amide bonds. The van der Waals surface area contributed by atoms with Gasteiger partial charge in [-0.15, -0.1) is 0 Å². The highest BCUT2D eigenvalue weighted by Crippen LogP contribution is 2.24. The van der Waals surface area contributed by atoms with E-state index in [0.29, 0.717) is 6.07 Å². The zero-order valence-electron chi connectivity index (χ0n) is 11.8. The first-order chi connectivity index (χ1) is 10.6. The second-order valence-corrected chi connectivity index (χ2v) is 5.25. The maximum atomic E-state index is 13.1. The van der Waals surface area contributed by atoms with Crippen molar-refractivity contribution in [2.75, 3.05) is 13.1 Å². The Morgan fingerprint density at radius 2 is 1.87 bits per heavy atom. The van der Waals surface area contributed by atoms with E-state index in [9.17, 15) is 31.9 Å². The number of amides is 1. The Labute approximate surface area is 128 Å². The normalized spacial score (nSPS) is 22.1. The third kappa shape index (κ3) is 5.05. The smallest absolute Gasteiger partial charge is 0.397 e. The number of aliphatic hydroxyl groups excluding tert-OH is 1. The van der Waals surface area contributed by atoms with Gasteiger partial charge in [0.1, 0.15) is 36.0 Å². The predicted molar refractivity (Wildman–Crippen MR) is 68.6 cm³/mol. The molecular formula is C14H14F5NO3. The van der Waals surface area contributed by atoms with Crippen LogP contribution in [0.4, 0.5) is 22.0 Å². The molecule has 2 rings (SSSR count). The van der Waals surface area contributed by atoms with Gasteiger partial charge >= 0.3 is 6.18 Å². The van der Waals surface area contributed by atoms with Crippen LogP contribution in [0.1, 0.15) is 12.8 Å². The molecule has 1 N–H and O–H groups in total. The standard InChI is InChI=1S/C14H14F5NO3/c15-8-3-9(16)5-10(4-8)23-12-1-2-20(7-11(12)21)13(22)6-14(17,18)19/h3-5,11-12,21H,1-2,6-7H2/t11-,12-/m1/s1. The van der Waals surface area contributed by atoms with Crippen molar-refractivity contribution >= 4 is 5.91 Å². The largest absolute Gasteiger partial charge is 0.487 e. The third-order valence-corrected chi connectivity index (χ3v) is 3.35. The lowest BCUT2D eigenvalue weighted by Crippen LogP contribution is -2.51. The summed E-state index contributed by atoms with van der Waals surface area (Å²) in [6.45, 7) is -0.383. The molecule has 0 aliphatic carbocycles. The molecule has 1 aromatic rings. The van der Waals surface area contributed by atoms with Crippen molar-refractivity contribution in [3.05, 3.63) is 29.8 Å². The van der Waals surface area contributed by atoms with Crippen molar-refractivity contribution in [1.82, 2.24) is 4.90 Å². The van der Waals surface area contributed by atoms with E-state index < -0.39 is 42.3 Å². The number of benzene rings is 1. The van der Waals surface area contributed by atoms with Gasteiger partial charge in [-0.2, -0.15) is 13.2 Å². The second kappa shape index (κ2) is 6.69. The lowest BCUT2D eigenvalue weighted by atomic mass is 10.0. The number of hydrogen-bond donors (Lipinski definition) is 1. The zero-order chi connectivity index (χ0) is 17.2. The van der Waals surface area contributed by atoms with Crippen LogP contribution >= 0.6 is 0 Å². The molecule has 1 saturated heterocycles. The van der Waals surface area contributed by atoms with E-state index in [1.54, 1.807) is 0 Å². The van der Waals surface area contributed by atoms with Crippen molar-refractivity contribution in [2.45, 2.75) is 31.2 Å². The molecule has 9 heteroatoms. The van der Waals surface area contributed by atoms with Gasteiger partial charge in [-0.3, -0.25) is 4.79 Å². The fourth-order valence-electron chi connectivity index (χ4n) is 2.33. The number of carbonyl (C=O) groups excluding carboxylic acids is 1. The van der Waals surface area contributed by atoms with Crippen LogP contribution in [0.15, 0.2) is 18.2 Å². The Hall–Kier alpha value is -1.90. The molecule has 128 valence electrons. The Morgan fingerprint density at radius 1 is 1.26 bits per heavy atom. The van der Waals surface area contributed by atoms with E-state index in [1.807, 2.05) is 0 Å². The van der Waals surface area contributed by atoms with Crippen LogP contribution < -0.4 is 4.74 Å². The number of carbonyl (C=O) groups is 1. The van der Waals surface area contributed by atoms with E-state index in [2.05, 4.69) is 0 Å². The number of rotatable bonds is 3. The average Bonchev–Trinajstić information content (AvgIpc) is 2.38. The molecule has 4 nitrogen and oxygen atoms in total. The molecule has 0 bridgehead atoms. The lowest BCUT2D eigenvalue weighted by molar-refractivity contribution is -0.165. The molecule has 23 heavy (non-hydrogen) atoms. The quantitative estimate of drug-likeness (QED) is 0.860. The van der Waals surface area contributed by atoms with Crippen LogP contribution in [0.5, 0.6) is 5.75 Å². The van der Waals surface area contributed by atoms with E-state index in [1.165, 1.54) is 0 Å². The van der Waals surface area contributed by atoms with E-state index in [-0.39, 0.29) is 25.3 Å². The maximum Gasteiger partial charge on any atom is 0.397 e. The summed E-state index contributed by atoms with van der Waals surface area (Å²) in [6.07, 6.45) is -8.30. The summed E-state index contributed by atoms with van der Waals surface area (Å²) in [5.41, 5.74) is 0. The van der Waals surface area contributed by atoms with Gasteiger partial charge in [0.2, 0.25) is 5.91 Å². The highest BCUT2D eigenvalue weighted by atomic mass is 19.4. The maximum absolute atomic E-state index is 13.1. The summed E-state index contributed by atoms with van der Waals surface area (Å²) < 4.78 is 68.0. The molecule has 0 aromatic heterocycles. The van der Waals surface area contributed by atoms with Crippen LogP contribution in [0.2, 0.25) is 0 Å². The molecule has 0 unspecified atom stereocenters. The van der Waals surface area contributed by atoms with E-state index in [0.717, 1.165) is 17.0 Å². The zero-order valence-corrected chi connectivity index (χ0v) is 11.8. The third-order valence-electron chi connectivity index (χ3n) is 3.35. The van der Waals surface area contributed by atoms with Gasteiger partial charge in [0.05, 0.1) is 6.54 Å². The van der Waals surface area contributed by atoms with Crippen LogP contribution in [0.25, 0.3) is 0 Å². The molecule has 2 atom stereocenters. The first-order valence-electron chi connectivity index (χ1n) is 6.79. The number of alkyl halides is 3. The summed E-state index contributed by atoms with van der Waals surface area (Å²) in [5.74, 6) is -2.98. The highest BCUT2D eigenvalue weighted by Gasteiger charge is 2.37. The predicted octanol–water partition coefficient (Wildman–Crippen LogP) is 2.26. The molecular weight excluding hydrogens is 325 g/mol. The minimum atomic E-state index is -4.62. The summed E-state index contributed by atoms with van der Waals surface area (Å²) in [5, 5.41) is 9.90. The number of ether oxygens (including phenoxy) is 1. The highest BCUT2D eigenvalue weighted by molar-refractivity contribution is 5.77. The first kappa shape index (κ1) is 17.5. The summed E-state index contributed by atoms with van der Waals surface area (Å²) in [7, 11) is 0. The van der Waals surface area contributed by atoms with Crippen molar-refractivity contribution < 1.29 is 36.6 Å². The number of β-amino-alcohol motifs (C(OH)–C–C–N with tert-alkyl or cyclic N) is 1. The number of likely N-dealkylation sites (tertiary alicyclic amines) is 1. The molecule has 0 spiro atoms. The number of hydrogen-bond acceptors (Lipinski definition) is 3. The van der Waals surface area contributed by atoms with Gasteiger partial charge in [0, 0.05) is 31.2 Å². The van der Waals surface area contributed by atoms with Crippen molar-refractivity contribution in [2.24, 2.45) is 0 Å². The Kier molecular flexibility index (Phi) is 5.08. The number of piperidine rings is 1. The lowest BCUT2D eigenvalue weighted by Gasteiger charge is -2.36. The second-order valence-electron chi connectivity index (χ2n) is 5.25. The Morgan fingerprint density at radius 3 is 2.39 bits per heavy atom. The van der Waals surface area contributed by atoms with Gasteiger partial charge < -0.3 is 14.7 Å². The van der Waals surface area contributed by atoms with Gasteiger partial charge in [0.25, 0.3) is 0 Å². The molecule has 0 radical (unpaired) electrons. The average molecular weight is 339 g/mol. The van der Waals surface area contributed by atoms with Crippen LogP contribution in [0.3, 0.4) is 0 Å². The van der Waals surface area contributed by atoms with Gasteiger partial charge in [-0.25, -0.2) is 8.78 Å². The fourth-order valence-corrected chi connectivity index (χ4v) is 2.33. The van der Waals surface area contributed by atoms with E-state index in [4.69, 9.17) is 4.74 Å². The number of halogens is 5. The van der Waals surface area contributed by atoms with Crippen molar-refractivity contribution in [1.29, 1.82) is 0 Å². The van der Waals surface area contributed by atoms with Gasteiger partial charge in [0.15, 0.2) is 0 Å². The molecule has 1 heterocycles. The molecule has 1 fully saturated rings. The van der Waals surface area contributed by atoms with E-state index >= 15 is 0 Å². The fraction of sp³-hybridized carbons (Fsp3) is 0.500. The minimum Gasteiger partial charge on any atom is -0.487 e. The summed E-state index contributed by atoms with van der Waals surface area (Å²) >= 11 is 0. The molecule has 1 aromatic carbocycles. The SMILES string of the molecule is O=C(CC(F)(F)F)N1CC[C@@H](Oc2cc(F)cc(F)c2)[C@H](O)C1. The summed E-state index contributed by atoms with van der Waals surface area (Å²) in [4.78, 5) is 12.4. The van der Waals surface area contributed by atoms with Crippen molar-refractivity contribution in [3.63, 3.8) is 0 Å². The van der Waals surface area contributed by atoms with Crippen LogP contribution in [-0.2, 0) is 4.79 Å². The molecule has 1 aliphatic heterocycles. The van der Waals surface area contributed by atoms with Crippen molar-refractivity contribution in [3.8, 4) is 5.75 Å². The van der Waals surface area contributed by atoms with Gasteiger partial charge in [-0.1, -0.05) is 0 Å². The van der Waals surface area contributed by atoms with Gasteiger partial charge in [-0.05, 0) is 0 Å². The van der Waals surface area contributed by atoms with Crippen LogP contribution in [0, 0.1) is 11.6 Å². The number of nitrogens with zero attached hydrogens (tertiary/aromatic N) is 1.